The zero-order valence-corrected chi connectivity index (χ0v) is 7.54. The molecule has 66 valence electrons. The maximum Gasteiger partial charge on any atom is 0.0826 e. The average Bonchev–Trinajstić information content (AvgIpc) is 2.29. The van der Waals surface area contributed by atoms with Gasteiger partial charge in [0.1, 0.15) is 0 Å². The Morgan fingerprint density at radius 1 is 1.58 bits per heavy atom. The summed E-state index contributed by atoms with van der Waals surface area (Å²) in [6, 6.07) is 0. The second kappa shape index (κ2) is 2.59. The van der Waals surface area contributed by atoms with Gasteiger partial charge < -0.3 is 5.11 Å². The van der Waals surface area contributed by atoms with Crippen molar-refractivity contribution >= 4 is 0 Å². The molecule has 0 bridgehead atoms. The lowest BCUT2D eigenvalue weighted by Gasteiger charge is -2.18. The molecule has 0 spiro atoms. The minimum Gasteiger partial charge on any atom is -0.388 e. The first-order valence-electron chi connectivity index (χ1n) is 4.40. The van der Waals surface area contributed by atoms with E-state index in [9.17, 15) is 5.11 Å². The molecule has 1 heterocycles. The van der Waals surface area contributed by atoms with E-state index in [1.54, 1.807) is 0 Å². The van der Waals surface area contributed by atoms with Crippen LogP contribution in [0.3, 0.4) is 0 Å². The van der Waals surface area contributed by atoms with Crippen LogP contribution in [-0.4, -0.2) is 14.9 Å². The van der Waals surface area contributed by atoms with Crippen molar-refractivity contribution in [1.29, 1.82) is 0 Å². The second-order valence-electron chi connectivity index (χ2n) is 3.48. The molecular formula is C9H14N2O. The quantitative estimate of drug-likeness (QED) is 0.626. The van der Waals surface area contributed by atoms with E-state index in [1.807, 2.05) is 18.7 Å². The summed E-state index contributed by atoms with van der Waals surface area (Å²) in [6.45, 7) is 1.97. The fraction of sp³-hybridized carbons (Fsp3) is 0.667. The standard InChI is InChI=1S/C9H14N2O/c1-6-9-7(11(2)10-6)4-3-5-8(9)12/h8,12H,3-5H2,1-2H3. The van der Waals surface area contributed by atoms with Crippen molar-refractivity contribution in [2.75, 3.05) is 0 Å². The van der Waals surface area contributed by atoms with Gasteiger partial charge in [0.15, 0.2) is 0 Å². The van der Waals surface area contributed by atoms with Gasteiger partial charge in [0.25, 0.3) is 0 Å². The fourth-order valence-electron chi connectivity index (χ4n) is 2.06. The monoisotopic (exact) mass is 166 g/mol. The lowest BCUT2D eigenvalue weighted by atomic mass is 9.93. The van der Waals surface area contributed by atoms with Crippen LogP contribution in [0.15, 0.2) is 0 Å². The Hall–Kier alpha value is -0.830. The summed E-state index contributed by atoms with van der Waals surface area (Å²) in [5.74, 6) is 0. The highest BCUT2D eigenvalue weighted by Crippen LogP contribution is 2.31. The van der Waals surface area contributed by atoms with Gasteiger partial charge in [-0.1, -0.05) is 0 Å². The van der Waals surface area contributed by atoms with Crippen molar-refractivity contribution in [1.82, 2.24) is 9.78 Å². The number of rotatable bonds is 0. The molecule has 0 aromatic carbocycles. The van der Waals surface area contributed by atoms with Gasteiger partial charge in [-0.05, 0) is 26.2 Å². The number of aromatic nitrogens is 2. The van der Waals surface area contributed by atoms with Crippen LogP contribution >= 0.6 is 0 Å². The second-order valence-corrected chi connectivity index (χ2v) is 3.48. The molecule has 12 heavy (non-hydrogen) atoms. The Kier molecular flexibility index (Phi) is 1.68. The van der Waals surface area contributed by atoms with Crippen LogP contribution < -0.4 is 0 Å². The molecule has 1 unspecified atom stereocenters. The van der Waals surface area contributed by atoms with Crippen LogP contribution in [0, 0.1) is 6.92 Å². The summed E-state index contributed by atoms with van der Waals surface area (Å²) in [5, 5.41) is 14.0. The molecule has 1 atom stereocenters. The largest absolute Gasteiger partial charge is 0.388 e. The van der Waals surface area contributed by atoms with E-state index in [0.717, 1.165) is 30.5 Å². The summed E-state index contributed by atoms with van der Waals surface area (Å²) in [5.41, 5.74) is 3.27. The number of hydrogen-bond acceptors (Lipinski definition) is 2. The number of aliphatic hydroxyl groups excluding tert-OH is 1. The predicted molar refractivity (Wildman–Crippen MR) is 45.8 cm³/mol. The molecule has 1 aromatic rings. The van der Waals surface area contributed by atoms with Gasteiger partial charge in [0.2, 0.25) is 0 Å². The molecule has 2 rings (SSSR count). The first-order valence-corrected chi connectivity index (χ1v) is 4.40. The number of hydrogen-bond donors (Lipinski definition) is 1. The molecule has 0 radical (unpaired) electrons. The predicted octanol–water partition coefficient (Wildman–Crippen LogP) is 1.10. The third-order valence-corrected chi connectivity index (χ3v) is 2.62. The minimum absolute atomic E-state index is 0.276. The topological polar surface area (TPSA) is 38.0 Å². The van der Waals surface area contributed by atoms with E-state index in [0.29, 0.717) is 0 Å². The van der Waals surface area contributed by atoms with Gasteiger partial charge in [-0.2, -0.15) is 5.10 Å². The summed E-state index contributed by atoms with van der Waals surface area (Å²) in [6.07, 6.45) is 2.75. The fourth-order valence-corrected chi connectivity index (χ4v) is 2.06. The van der Waals surface area contributed by atoms with Crippen LogP contribution in [0.5, 0.6) is 0 Å². The molecule has 0 amide bonds. The van der Waals surface area contributed by atoms with Crippen molar-refractivity contribution in [3.63, 3.8) is 0 Å². The smallest absolute Gasteiger partial charge is 0.0826 e. The Labute approximate surface area is 72.0 Å². The van der Waals surface area contributed by atoms with Gasteiger partial charge in [0.05, 0.1) is 11.8 Å². The third-order valence-electron chi connectivity index (χ3n) is 2.62. The molecule has 1 aliphatic rings. The molecular weight excluding hydrogens is 152 g/mol. The van der Waals surface area contributed by atoms with Crippen molar-refractivity contribution in [2.45, 2.75) is 32.3 Å². The summed E-state index contributed by atoms with van der Waals surface area (Å²) >= 11 is 0. The normalized spacial score (nSPS) is 22.4. The van der Waals surface area contributed by atoms with E-state index >= 15 is 0 Å². The van der Waals surface area contributed by atoms with Crippen LogP contribution in [0.25, 0.3) is 0 Å². The molecule has 1 aromatic heterocycles. The first kappa shape index (κ1) is 7.80. The van der Waals surface area contributed by atoms with Crippen LogP contribution in [0.1, 0.15) is 35.9 Å². The van der Waals surface area contributed by atoms with E-state index in [1.165, 1.54) is 5.69 Å². The third kappa shape index (κ3) is 0.966. The molecule has 0 fully saturated rings. The Balaban J connectivity index is 2.55. The Morgan fingerprint density at radius 3 is 3.00 bits per heavy atom. The number of fused-ring (bicyclic) bond motifs is 1. The van der Waals surface area contributed by atoms with E-state index in [-0.39, 0.29) is 6.10 Å². The highest BCUT2D eigenvalue weighted by molar-refractivity contribution is 5.29. The molecule has 0 saturated carbocycles. The van der Waals surface area contributed by atoms with Crippen molar-refractivity contribution < 1.29 is 5.11 Å². The van der Waals surface area contributed by atoms with E-state index in [4.69, 9.17) is 0 Å². The summed E-state index contributed by atoms with van der Waals surface area (Å²) < 4.78 is 1.90. The van der Waals surface area contributed by atoms with Crippen molar-refractivity contribution in [2.24, 2.45) is 7.05 Å². The van der Waals surface area contributed by atoms with Gasteiger partial charge in [-0.25, -0.2) is 0 Å². The molecule has 1 N–H and O–H groups in total. The lowest BCUT2D eigenvalue weighted by Crippen LogP contribution is -2.10. The summed E-state index contributed by atoms with van der Waals surface area (Å²) in [4.78, 5) is 0. The number of aliphatic hydroxyl groups is 1. The lowest BCUT2D eigenvalue weighted by molar-refractivity contribution is 0.155. The van der Waals surface area contributed by atoms with Crippen LogP contribution in [0.2, 0.25) is 0 Å². The molecule has 0 saturated heterocycles. The van der Waals surface area contributed by atoms with E-state index in [2.05, 4.69) is 5.10 Å². The molecule has 3 heteroatoms. The maximum atomic E-state index is 9.70. The van der Waals surface area contributed by atoms with Gasteiger partial charge >= 0.3 is 0 Å². The SMILES string of the molecule is Cc1nn(C)c2c1C(O)CCC2. The summed E-state index contributed by atoms with van der Waals surface area (Å²) in [7, 11) is 1.95. The Bertz CT molecular complexity index is 304. The van der Waals surface area contributed by atoms with Gasteiger partial charge in [0, 0.05) is 18.3 Å². The van der Waals surface area contributed by atoms with Gasteiger partial charge in [-0.3, -0.25) is 4.68 Å². The number of aryl methyl sites for hydroxylation is 2. The number of nitrogens with zero attached hydrogens (tertiary/aromatic N) is 2. The minimum atomic E-state index is -0.276. The van der Waals surface area contributed by atoms with Crippen molar-refractivity contribution in [3.8, 4) is 0 Å². The maximum absolute atomic E-state index is 9.70. The molecule has 1 aliphatic carbocycles. The first-order chi connectivity index (χ1) is 5.70. The van der Waals surface area contributed by atoms with Gasteiger partial charge in [-0.15, -0.1) is 0 Å². The highest BCUT2D eigenvalue weighted by Gasteiger charge is 2.23. The van der Waals surface area contributed by atoms with Crippen LogP contribution in [-0.2, 0) is 13.5 Å². The van der Waals surface area contributed by atoms with Crippen molar-refractivity contribution in [3.05, 3.63) is 17.0 Å². The highest BCUT2D eigenvalue weighted by atomic mass is 16.3. The zero-order valence-electron chi connectivity index (χ0n) is 7.54. The zero-order chi connectivity index (χ0) is 8.72. The molecule has 3 nitrogen and oxygen atoms in total. The average molecular weight is 166 g/mol. The Morgan fingerprint density at radius 2 is 2.33 bits per heavy atom. The molecule has 0 aliphatic heterocycles. The van der Waals surface area contributed by atoms with E-state index < -0.39 is 0 Å². The van der Waals surface area contributed by atoms with Crippen LogP contribution in [0.4, 0.5) is 0 Å².